The van der Waals surface area contributed by atoms with Crippen LogP contribution in [0.25, 0.3) is 0 Å². The third-order valence-corrected chi connectivity index (χ3v) is 3.29. The maximum Gasteiger partial charge on any atom is 0.229 e. The first kappa shape index (κ1) is 22.4. The molecule has 1 amide bonds. The second-order valence-electron chi connectivity index (χ2n) is 5.61. The van der Waals surface area contributed by atoms with Crippen molar-refractivity contribution in [2.75, 3.05) is 13.6 Å². The molecule has 0 heterocycles. The van der Waals surface area contributed by atoms with Gasteiger partial charge in [0.05, 0.1) is 12.3 Å². The van der Waals surface area contributed by atoms with Crippen molar-refractivity contribution in [3.63, 3.8) is 0 Å². The van der Waals surface area contributed by atoms with E-state index >= 15 is 0 Å². The molecule has 0 aromatic carbocycles. The molecule has 6 nitrogen and oxygen atoms in total. The molecule has 22 heavy (non-hydrogen) atoms. The van der Waals surface area contributed by atoms with Crippen LogP contribution in [0, 0.1) is 11.8 Å². The topological polar surface area (TPSA) is 88.6 Å². The maximum absolute atomic E-state index is 11.3. The Kier molecular flexibility index (Phi) is 11.0. The summed E-state index contributed by atoms with van der Waals surface area (Å²) in [5.74, 6) is -1.03. The highest BCUT2D eigenvalue weighted by molar-refractivity contribution is 5.99. The Hall–Kier alpha value is -1.85. The molecule has 1 unspecified atom stereocenters. The number of hydrogen-bond acceptors (Lipinski definition) is 5. The Morgan fingerprint density at radius 3 is 1.45 bits per heavy atom. The van der Waals surface area contributed by atoms with Gasteiger partial charge in [-0.05, 0) is 34.6 Å². The fourth-order valence-corrected chi connectivity index (χ4v) is 1.28. The average molecular weight is 313 g/mol. The summed E-state index contributed by atoms with van der Waals surface area (Å²) in [5, 5.41) is 0. The highest BCUT2D eigenvalue weighted by atomic mass is 16.2. The van der Waals surface area contributed by atoms with Crippen molar-refractivity contribution < 1.29 is 24.0 Å². The highest BCUT2D eigenvalue weighted by Gasteiger charge is 2.16. The van der Waals surface area contributed by atoms with Crippen LogP contribution in [-0.2, 0) is 24.0 Å². The summed E-state index contributed by atoms with van der Waals surface area (Å²) in [6.45, 7) is 9.47. The minimum atomic E-state index is -0.407. The van der Waals surface area contributed by atoms with Gasteiger partial charge in [0, 0.05) is 19.5 Å². The van der Waals surface area contributed by atoms with Gasteiger partial charge < -0.3 is 4.90 Å². The molecule has 0 radical (unpaired) electrons. The van der Waals surface area contributed by atoms with Gasteiger partial charge in [-0.15, -0.1) is 0 Å². The first-order chi connectivity index (χ1) is 9.89. The van der Waals surface area contributed by atoms with Crippen LogP contribution in [0.5, 0.6) is 0 Å². The van der Waals surface area contributed by atoms with Crippen LogP contribution in [0.1, 0.15) is 48.0 Å². The number of carbonyl (C=O) groups is 5. The third kappa shape index (κ3) is 10.9. The van der Waals surface area contributed by atoms with Gasteiger partial charge in [0.25, 0.3) is 0 Å². The molecule has 0 aromatic rings. The van der Waals surface area contributed by atoms with Crippen LogP contribution in [0.15, 0.2) is 0 Å². The summed E-state index contributed by atoms with van der Waals surface area (Å²) in [5.41, 5.74) is 0. The quantitative estimate of drug-likeness (QED) is 0.664. The summed E-state index contributed by atoms with van der Waals surface area (Å²) >= 11 is 0. The van der Waals surface area contributed by atoms with Gasteiger partial charge in [0.15, 0.2) is 0 Å². The fourth-order valence-electron chi connectivity index (χ4n) is 1.28. The van der Waals surface area contributed by atoms with E-state index in [2.05, 4.69) is 0 Å². The minimum absolute atomic E-state index is 0.0486. The fraction of sp³-hybridized carbons (Fsp3) is 0.688. The molecular weight excluding hydrogens is 286 g/mol. The number of carbonyl (C=O) groups excluding carboxylic acids is 5. The first-order valence-corrected chi connectivity index (χ1v) is 7.14. The molecule has 0 aliphatic heterocycles. The second kappa shape index (κ2) is 10.8. The van der Waals surface area contributed by atoms with Crippen LogP contribution >= 0.6 is 0 Å². The van der Waals surface area contributed by atoms with Crippen LogP contribution in [0.2, 0.25) is 0 Å². The Balaban J connectivity index is 0. The smallest absolute Gasteiger partial charge is 0.229 e. The predicted molar refractivity (Wildman–Crippen MR) is 83.3 cm³/mol. The largest absolute Gasteiger partial charge is 0.345 e. The summed E-state index contributed by atoms with van der Waals surface area (Å²) in [7, 11) is 1.60. The van der Waals surface area contributed by atoms with E-state index in [1.807, 2.05) is 0 Å². The lowest BCUT2D eigenvalue weighted by molar-refractivity contribution is -0.135. The van der Waals surface area contributed by atoms with E-state index in [-0.39, 0.29) is 41.4 Å². The lowest BCUT2D eigenvalue weighted by Gasteiger charge is -2.19. The van der Waals surface area contributed by atoms with Gasteiger partial charge in [-0.3, -0.25) is 24.0 Å². The van der Waals surface area contributed by atoms with E-state index in [1.54, 1.807) is 20.9 Å². The zero-order valence-electron chi connectivity index (χ0n) is 14.6. The van der Waals surface area contributed by atoms with Crippen LogP contribution in [-0.4, -0.2) is 47.5 Å². The molecule has 0 aromatic heterocycles. The Morgan fingerprint density at radius 2 is 1.23 bits per heavy atom. The first-order valence-electron chi connectivity index (χ1n) is 7.14. The zero-order chi connectivity index (χ0) is 18.0. The highest BCUT2D eigenvalue weighted by Crippen LogP contribution is 2.01. The molecule has 126 valence electrons. The monoisotopic (exact) mass is 313 g/mol. The van der Waals surface area contributed by atoms with Crippen molar-refractivity contribution >= 4 is 29.0 Å². The number of Topliss-reactive ketones (excluding diaryl/α,β-unsaturated/α-hetero) is 4. The lowest BCUT2D eigenvalue weighted by Crippen LogP contribution is -2.33. The summed E-state index contributed by atoms with van der Waals surface area (Å²) in [6, 6.07) is 0. The predicted octanol–water partition coefficient (Wildman–Crippen LogP) is 1.45. The van der Waals surface area contributed by atoms with E-state index in [4.69, 9.17) is 0 Å². The standard InChI is InChI=1S/C10H17NO3.C6H10O2/c1-7(9(3)13)6-11(4)10(14)5-8(2)12;1-4(5(2)7)6(3)8/h7H,5-6H2,1-4H3;4H,1-3H3. The second-order valence-corrected chi connectivity index (χ2v) is 5.61. The van der Waals surface area contributed by atoms with E-state index in [0.29, 0.717) is 6.54 Å². The summed E-state index contributed by atoms with van der Waals surface area (Å²) in [4.78, 5) is 55.0. The van der Waals surface area contributed by atoms with E-state index < -0.39 is 5.92 Å². The normalized spacial score (nSPS) is 11.1. The van der Waals surface area contributed by atoms with E-state index in [1.165, 1.54) is 32.6 Å². The molecule has 6 heteroatoms. The molecule has 0 spiro atoms. The van der Waals surface area contributed by atoms with E-state index in [0.717, 1.165) is 0 Å². The van der Waals surface area contributed by atoms with Crippen molar-refractivity contribution in [2.24, 2.45) is 11.8 Å². The maximum atomic E-state index is 11.3. The van der Waals surface area contributed by atoms with Crippen molar-refractivity contribution in [3.05, 3.63) is 0 Å². The molecule has 0 saturated carbocycles. The Morgan fingerprint density at radius 1 is 0.818 bits per heavy atom. The minimum Gasteiger partial charge on any atom is -0.345 e. The van der Waals surface area contributed by atoms with Gasteiger partial charge in [-0.2, -0.15) is 0 Å². The van der Waals surface area contributed by atoms with Gasteiger partial charge in [-0.25, -0.2) is 0 Å². The molecule has 0 aliphatic carbocycles. The summed E-state index contributed by atoms with van der Waals surface area (Å²) in [6.07, 6.45) is -0.0822. The lowest BCUT2D eigenvalue weighted by atomic mass is 10.0. The zero-order valence-corrected chi connectivity index (χ0v) is 14.6. The molecule has 0 saturated heterocycles. The summed E-state index contributed by atoms with van der Waals surface area (Å²) < 4.78 is 0. The molecule has 0 fully saturated rings. The van der Waals surface area contributed by atoms with Crippen molar-refractivity contribution in [1.82, 2.24) is 4.90 Å². The van der Waals surface area contributed by atoms with Gasteiger partial charge in [0.2, 0.25) is 5.91 Å². The van der Waals surface area contributed by atoms with Gasteiger partial charge in [0.1, 0.15) is 23.1 Å². The molecular formula is C16H27NO5. The molecule has 0 N–H and O–H groups in total. The third-order valence-electron chi connectivity index (χ3n) is 3.29. The SMILES string of the molecule is CC(=O)C(C)C(C)=O.CC(=O)CC(=O)N(C)CC(C)C(C)=O. The molecule has 0 aliphatic rings. The van der Waals surface area contributed by atoms with Crippen LogP contribution in [0.4, 0.5) is 0 Å². The number of amides is 1. The van der Waals surface area contributed by atoms with Crippen molar-refractivity contribution in [2.45, 2.75) is 48.0 Å². The molecule has 0 rings (SSSR count). The Labute approximate surface area is 132 Å². The van der Waals surface area contributed by atoms with Crippen molar-refractivity contribution in [3.8, 4) is 0 Å². The van der Waals surface area contributed by atoms with Crippen molar-refractivity contribution in [1.29, 1.82) is 0 Å². The average Bonchev–Trinajstić information content (AvgIpc) is 2.36. The Bertz CT molecular complexity index is 428. The molecule has 1 atom stereocenters. The number of ketones is 4. The van der Waals surface area contributed by atoms with Crippen LogP contribution in [0.3, 0.4) is 0 Å². The van der Waals surface area contributed by atoms with E-state index in [9.17, 15) is 24.0 Å². The number of nitrogens with zero attached hydrogens (tertiary/aromatic N) is 1. The van der Waals surface area contributed by atoms with Gasteiger partial charge >= 0.3 is 0 Å². The van der Waals surface area contributed by atoms with Gasteiger partial charge in [-0.1, -0.05) is 6.92 Å². The van der Waals surface area contributed by atoms with Crippen LogP contribution < -0.4 is 0 Å². The number of hydrogen-bond donors (Lipinski definition) is 0. The molecule has 0 bridgehead atoms. The number of rotatable bonds is 7.